The molecule has 2 heterocycles. The summed E-state index contributed by atoms with van der Waals surface area (Å²) in [4.78, 5) is 3.52. The van der Waals surface area contributed by atoms with Gasteiger partial charge < -0.3 is 9.67 Å². The van der Waals surface area contributed by atoms with Gasteiger partial charge in [0.05, 0.1) is 18.5 Å². The van der Waals surface area contributed by atoms with Gasteiger partial charge in [0.25, 0.3) is 10.0 Å². The molecule has 0 aliphatic carbocycles. The lowest BCUT2D eigenvalue weighted by Gasteiger charge is -2.10. The Morgan fingerprint density at radius 1 is 1.48 bits per heavy atom. The van der Waals surface area contributed by atoms with Crippen LogP contribution in [0.25, 0.3) is 0 Å². The van der Waals surface area contributed by atoms with Gasteiger partial charge in [-0.2, -0.15) is 0 Å². The third kappa shape index (κ3) is 3.22. The number of nitrogens with one attached hydrogen (secondary N) is 1. The summed E-state index contributed by atoms with van der Waals surface area (Å²) >= 11 is 0. The highest BCUT2D eigenvalue weighted by molar-refractivity contribution is 7.92. The number of hydrogen-bond acceptors (Lipinski definition) is 4. The molecule has 2 N–H and O–H groups in total. The molecule has 0 spiro atoms. The Bertz CT molecular complexity index is 741. The Morgan fingerprint density at radius 2 is 2.19 bits per heavy atom. The van der Waals surface area contributed by atoms with Crippen molar-refractivity contribution < 1.29 is 17.9 Å². The van der Waals surface area contributed by atoms with Gasteiger partial charge in [0, 0.05) is 24.1 Å². The van der Waals surface area contributed by atoms with Crippen LogP contribution in [0.1, 0.15) is 25.6 Å². The van der Waals surface area contributed by atoms with Crippen LogP contribution in [0.5, 0.6) is 0 Å². The van der Waals surface area contributed by atoms with E-state index in [1.54, 1.807) is 4.57 Å². The van der Waals surface area contributed by atoms with Crippen molar-refractivity contribution >= 4 is 15.7 Å². The molecule has 2 aromatic heterocycles. The molecule has 2 rings (SSSR count). The molecule has 21 heavy (non-hydrogen) atoms. The largest absolute Gasteiger partial charge is 0.390 e. The summed E-state index contributed by atoms with van der Waals surface area (Å²) in [6, 6.07) is 2.59. The second kappa shape index (κ2) is 5.82. The molecular weight excluding hydrogens is 297 g/mol. The molecule has 0 bridgehead atoms. The molecule has 0 aliphatic rings. The fourth-order valence-electron chi connectivity index (χ4n) is 1.91. The summed E-state index contributed by atoms with van der Waals surface area (Å²) in [6.45, 7) is 3.45. The molecule has 2 aromatic rings. The summed E-state index contributed by atoms with van der Waals surface area (Å²) in [5.74, 6) is -0.758. The predicted octanol–water partition coefficient (Wildman–Crippen LogP) is 1.90. The smallest absolute Gasteiger partial charge is 0.263 e. The Balaban J connectivity index is 2.38. The van der Waals surface area contributed by atoms with Crippen LogP contribution in [-0.4, -0.2) is 23.1 Å². The quantitative estimate of drug-likeness (QED) is 0.883. The van der Waals surface area contributed by atoms with E-state index < -0.39 is 15.8 Å². The average molecular weight is 313 g/mol. The van der Waals surface area contributed by atoms with E-state index in [4.69, 9.17) is 0 Å². The van der Waals surface area contributed by atoms with Crippen molar-refractivity contribution in [3.8, 4) is 0 Å². The first-order valence-electron chi connectivity index (χ1n) is 6.29. The van der Waals surface area contributed by atoms with E-state index in [0.717, 1.165) is 6.20 Å². The lowest BCUT2D eigenvalue weighted by atomic mass is 10.3. The van der Waals surface area contributed by atoms with E-state index in [1.165, 1.54) is 24.5 Å². The van der Waals surface area contributed by atoms with Gasteiger partial charge in [-0.15, -0.1) is 0 Å². The lowest BCUT2D eigenvalue weighted by molar-refractivity contribution is 0.268. The first-order chi connectivity index (χ1) is 9.85. The average Bonchev–Trinajstić information content (AvgIpc) is 2.86. The maximum atomic E-state index is 13.5. The van der Waals surface area contributed by atoms with Gasteiger partial charge in [0.15, 0.2) is 5.82 Å². The Kier molecular flexibility index (Phi) is 4.29. The predicted molar refractivity (Wildman–Crippen MR) is 75.7 cm³/mol. The van der Waals surface area contributed by atoms with Crippen molar-refractivity contribution in [1.82, 2.24) is 9.55 Å². The number of nitrogens with zero attached hydrogens (tertiary/aromatic N) is 2. The second-order valence-corrected chi connectivity index (χ2v) is 6.47. The summed E-state index contributed by atoms with van der Waals surface area (Å²) in [5.41, 5.74) is 0.299. The van der Waals surface area contributed by atoms with Gasteiger partial charge in [0.1, 0.15) is 4.90 Å². The van der Waals surface area contributed by atoms with E-state index in [2.05, 4.69) is 9.71 Å². The fourth-order valence-corrected chi connectivity index (χ4v) is 3.03. The van der Waals surface area contributed by atoms with E-state index in [1.807, 2.05) is 13.8 Å². The summed E-state index contributed by atoms with van der Waals surface area (Å²) in [6.07, 6.45) is 3.63. The number of aliphatic hydroxyl groups excluding tert-OH is 1. The highest BCUT2D eigenvalue weighted by Gasteiger charge is 2.20. The molecule has 0 fully saturated rings. The van der Waals surface area contributed by atoms with Crippen molar-refractivity contribution in [2.24, 2.45) is 0 Å². The number of anilines is 1. The maximum absolute atomic E-state index is 13.5. The van der Waals surface area contributed by atoms with Crippen LogP contribution in [0.3, 0.4) is 0 Å². The maximum Gasteiger partial charge on any atom is 0.263 e. The SMILES string of the molecule is CC(C)n1cc(S(=O)(=O)Nc2ccncc2F)cc1CO. The van der Waals surface area contributed by atoms with E-state index in [-0.39, 0.29) is 23.2 Å². The van der Waals surface area contributed by atoms with Crippen molar-refractivity contribution in [3.05, 3.63) is 42.2 Å². The molecule has 0 saturated heterocycles. The molecule has 0 aromatic carbocycles. The molecule has 0 aliphatic heterocycles. The zero-order valence-electron chi connectivity index (χ0n) is 11.6. The molecule has 8 heteroatoms. The third-order valence-electron chi connectivity index (χ3n) is 2.95. The molecule has 0 radical (unpaired) electrons. The number of sulfonamides is 1. The zero-order chi connectivity index (χ0) is 15.6. The molecule has 0 atom stereocenters. The number of aromatic nitrogens is 2. The van der Waals surface area contributed by atoms with Crippen LogP contribution < -0.4 is 4.72 Å². The molecular formula is C13H16FN3O3S. The van der Waals surface area contributed by atoms with Crippen LogP contribution in [0.15, 0.2) is 35.6 Å². The van der Waals surface area contributed by atoms with Crippen molar-refractivity contribution in [2.75, 3.05) is 4.72 Å². The minimum absolute atomic E-state index is 0.00578. The minimum Gasteiger partial charge on any atom is -0.390 e. The third-order valence-corrected chi connectivity index (χ3v) is 4.28. The van der Waals surface area contributed by atoms with Gasteiger partial charge in [-0.1, -0.05) is 0 Å². The van der Waals surface area contributed by atoms with Crippen molar-refractivity contribution in [1.29, 1.82) is 0 Å². The number of rotatable bonds is 5. The molecule has 0 amide bonds. The van der Waals surface area contributed by atoms with E-state index in [9.17, 15) is 17.9 Å². The summed E-state index contributed by atoms with van der Waals surface area (Å²) < 4.78 is 41.8. The fraction of sp³-hybridized carbons (Fsp3) is 0.308. The first-order valence-corrected chi connectivity index (χ1v) is 7.77. The van der Waals surface area contributed by atoms with E-state index >= 15 is 0 Å². The summed E-state index contributed by atoms with van der Waals surface area (Å²) in [5, 5.41) is 9.28. The molecule has 114 valence electrons. The normalized spacial score (nSPS) is 11.9. The number of halogens is 1. The standard InChI is InChI=1S/C13H16FN3O3S/c1-9(2)17-7-11(5-10(17)8-18)21(19,20)16-13-3-4-15-6-12(13)14/h3-7,9,18H,8H2,1-2H3,(H,15,16). The summed E-state index contributed by atoms with van der Waals surface area (Å²) in [7, 11) is -3.93. The van der Waals surface area contributed by atoms with Crippen molar-refractivity contribution in [2.45, 2.75) is 31.4 Å². The van der Waals surface area contributed by atoms with Gasteiger partial charge in [-0.25, -0.2) is 12.8 Å². The molecule has 6 nitrogen and oxygen atoms in total. The van der Waals surface area contributed by atoms with Gasteiger partial charge in [-0.3, -0.25) is 9.71 Å². The van der Waals surface area contributed by atoms with Crippen LogP contribution in [0, 0.1) is 5.82 Å². The number of pyridine rings is 1. The first kappa shape index (κ1) is 15.5. The Morgan fingerprint density at radius 3 is 2.71 bits per heavy atom. The van der Waals surface area contributed by atoms with Gasteiger partial charge in [-0.05, 0) is 26.0 Å². The van der Waals surface area contributed by atoms with Crippen LogP contribution in [-0.2, 0) is 16.6 Å². The number of aliphatic hydroxyl groups is 1. The highest BCUT2D eigenvalue weighted by atomic mass is 32.2. The second-order valence-electron chi connectivity index (χ2n) is 4.79. The van der Waals surface area contributed by atoms with Crippen molar-refractivity contribution in [3.63, 3.8) is 0 Å². The Labute approximate surface area is 122 Å². The van der Waals surface area contributed by atoms with Crippen LogP contribution in [0.2, 0.25) is 0 Å². The van der Waals surface area contributed by atoms with Crippen LogP contribution in [0.4, 0.5) is 10.1 Å². The number of hydrogen-bond donors (Lipinski definition) is 2. The zero-order valence-corrected chi connectivity index (χ0v) is 12.4. The minimum atomic E-state index is -3.93. The van der Waals surface area contributed by atoms with Gasteiger partial charge >= 0.3 is 0 Å². The Hall–Kier alpha value is -1.93. The lowest BCUT2D eigenvalue weighted by Crippen LogP contribution is -2.13. The highest BCUT2D eigenvalue weighted by Crippen LogP contribution is 2.22. The molecule has 0 saturated carbocycles. The molecule has 0 unspecified atom stereocenters. The van der Waals surface area contributed by atoms with Gasteiger partial charge in [0.2, 0.25) is 0 Å². The van der Waals surface area contributed by atoms with E-state index in [0.29, 0.717) is 5.69 Å². The monoisotopic (exact) mass is 313 g/mol. The topological polar surface area (TPSA) is 84.2 Å². The van der Waals surface area contributed by atoms with Crippen LogP contribution >= 0.6 is 0 Å².